The molecule has 0 aliphatic carbocycles. The molecule has 20 heavy (non-hydrogen) atoms. The number of rotatable bonds is 10. The van der Waals surface area contributed by atoms with Crippen LogP contribution in [0.3, 0.4) is 0 Å². The van der Waals surface area contributed by atoms with Crippen LogP contribution in [0.5, 0.6) is 0 Å². The molecule has 4 N–H and O–H groups in total. The van der Waals surface area contributed by atoms with E-state index in [0.29, 0.717) is 25.8 Å². The Bertz CT molecular complexity index is 270. The van der Waals surface area contributed by atoms with Crippen molar-refractivity contribution in [2.24, 2.45) is 5.73 Å². The van der Waals surface area contributed by atoms with Crippen LogP contribution in [0.1, 0.15) is 32.6 Å². The molecule has 118 valence electrons. The highest BCUT2D eigenvalue weighted by molar-refractivity contribution is 5.75. The van der Waals surface area contributed by atoms with Gasteiger partial charge in [-0.25, -0.2) is 0 Å². The number of nitrogens with two attached hydrogens (primary N) is 1. The van der Waals surface area contributed by atoms with E-state index in [9.17, 15) is 9.90 Å². The van der Waals surface area contributed by atoms with Crippen molar-refractivity contribution in [2.75, 3.05) is 39.4 Å². The van der Waals surface area contributed by atoms with Gasteiger partial charge in [-0.15, -0.1) is 0 Å². The Morgan fingerprint density at radius 2 is 2.20 bits per heavy atom. The Morgan fingerprint density at radius 3 is 2.80 bits per heavy atom. The molecule has 1 amide bonds. The summed E-state index contributed by atoms with van der Waals surface area (Å²) in [4.78, 5) is 13.2. The van der Waals surface area contributed by atoms with Crippen LogP contribution in [0.15, 0.2) is 0 Å². The molecule has 0 spiro atoms. The number of primary amides is 1. The third-order valence-corrected chi connectivity index (χ3v) is 3.58. The van der Waals surface area contributed by atoms with Gasteiger partial charge in [-0.05, 0) is 32.4 Å². The summed E-state index contributed by atoms with van der Waals surface area (Å²) in [5.41, 5.74) is 5.31. The van der Waals surface area contributed by atoms with E-state index in [1.165, 1.54) is 0 Å². The van der Waals surface area contributed by atoms with E-state index in [1.807, 2.05) is 4.90 Å². The second kappa shape index (κ2) is 10.1. The third-order valence-electron chi connectivity index (χ3n) is 3.58. The van der Waals surface area contributed by atoms with Gasteiger partial charge in [-0.3, -0.25) is 9.69 Å². The summed E-state index contributed by atoms with van der Waals surface area (Å²) in [6.45, 7) is 5.64. The minimum atomic E-state index is -0.568. The van der Waals surface area contributed by atoms with Crippen LogP contribution in [-0.2, 0) is 9.53 Å². The molecule has 0 aromatic heterocycles. The molecular weight excluding hydrogens is 258 g/mol. The lowest BCUT2D eigenvalue weighted by Crippen LogP contribution is -2.49. The predicted molar refractivity (Wildman–Crippen MR) is 78.4 cm³/mol. The summed E-state index contributed by atoms with van der Waals surface area (Å²) >= 11 is 0. The number of aliphatic hydroxyl groups excluding tert-OH is 1. The maximum Gasteiger partial charge on any atom is 0.231 e. The van der Waals surface area contributed by atoms with Gasteiger partial charge in [0.15, 0.2) is 0 Å². The first-order valence-electron chi connectivity index (χ1n) is 7.62. The van der Waals surface area contributed by atoms with E-state index in [0.717, 1.165) is 38.8 Å². The lowest BCUT2D eigenvalue weighted by Gasteiger charge is -2.35. The maximum absolute atomic E-state index is 11.2. The predicted octanol–water partition coefficient (Wildman–Crippen LogP) is -0.297. The van der Waals surface area contributed by atoms with Crippen molar-refractivity contribution in [3.63, 3.8) is 0 Å². The van der Waals surface area contributed by atoms with Crippen LogP contribution in [0, 0.1) is 0 Å². The Balaban J connectivity index is 2.36. The number of carbonyl (C=O) groups excluding carboxylic acids is 1. The van der Waals surface area contributed by atoms with Crippen molar-refractivity contribution in [1.82, 2.24) is 10.2 Å². The van der Waals surface area contributed by atoms with Crippen molar-refractivity contribution >= 4 is 5.91 Å². The van der Waals surface area contributed by atoms with Crippen LogP contribution < -0.4 is 11.1 Å². The molecule has 1 heterocycles. The molecule has 1 aliphatic rings. The fourth-order valence-corrected chi connectivity index (χ4v) is 2.50. The molecule has 1 fully saturated rings. The lowest BCUT2D eigenvalue weighted by atomic mass is 10.0. The maximum atomic E-state index is 11.2. The van der Waals surface area contributed by atoms with Gasteiger partial charge < -0.3 is 20.9 Å². The summed E-state index contributed by atoms with van der Waals surface area (Å²) in [5, 5.41) is 13.3. The van der Waals surface area contributed by atoms with Crippen LogP contribution in [0.4, 0.5) is 0 Å². The summed E-state index contributed by atoms with van der Waals surface area (Å²) in [6, 6.07) is 0.314. The molecule has 1 aliphatic heterocycles. The number of unbranched alkanes of at least 4 members (excludes halogenated alkanes) is 1. The molecule has 1 rings (SSSR count). The van der Waals surface area contributed by atoms with Crippen molar-refractivity contribution in [2.45, 2.75) is 44.8 Å². The summed E-state index contributed by atoms with van der Waals surface area (Å²) in [6.07, 6.45) is 3.49. The topological polar surface area (TPSA) is 87.8 Å². The highest BCUT2D eigenvalue weighted by Gasteiger charge is 2.24. The minimum Gasteiger partial charge on any atom is -0.389 e. The molecular formula is C14H29N3O3. The average molecular weight is 287 g/mol. The molecule has 0 aromatic rings. The minimum absolute atomic E-state index is 0.205. The Kier molecular flexibility index (Phi) is 8.77. The van der Waals surface area contributed by atoms with E-state index in [1.54, 1.807) is 0 Å². The van der Waals surface area contributed by atoms with E-state index in [-0.39, 0.29) is 12.5 Å². The van der Waals surface area contributed by atoms with Gasteiger partial charge in [-0.1, -0.05) is 13.3 Å². The van der Waals surface area contributed by atoms with Crippen LogP contribution in [-0.4, -0.2) is 67.5 Å². The number of carbonyl (C=O) groups is 1. The number of amides is 1. The van der Waals surface area contributed by atoms with Gasteiger partial charge in [0, 0.05) is 19.2 Å². The van der Waals surface area contributed by atoms with Crippen LogP contribution in [0.25, 0.3) is 0 Å². The molecule has 1 saturated heterocycles. The Hall–Kier alpha value is -0.690. The number of piperidine rings is 1. The number of nitrogens with zero attached hydrogens (tertiary/aromatic N) is 1. The number of hydrogen-bond acceptors (Lipinski definition) is 5. The molecule has 0 saturated carbocycles. The van der Waals surface area contributed by atoms with E-state index >= 15 is 0 Å². The smallest absolute Gasteiger partial charge is 0.231 e. The summed E-state index contributed by atoms with van der Waals surface area (Å²) in [7, 11) is 0. The van der Waals surface area contributed by atoms with Crippen molar-refractivity contribution < 1.29 is 14.6 Å². The first kappa shape index (κ1) is 17.4. The molecule has 6 nitrogen and oxygen atoms in total. The van der Waals surface area contributed by atoms with E-state index in [4.69, 9.17) is 10.5 Å². The number of hydrogen-bond donors (Lipinski definition) is 3. The molecule has 1 atom stereocenters. The first-order valence-corrected chi connectivity index (χ1v) is 7.62. The third kappa shape index (κ3) is 7.19. The highest BCUT2D eigenvalue weighted by Crippen LogP contribution is 2.12. The van der Waals surface area contributed by atoms with E-state index in [2.05, 4.69) is 12.2 Å². The zero-order chi connectivity index (χ0) is 14.8. The van der Waals surface area contributed by atoms with Gasteiger partial charge in [0.25, 0.3) is 0 Å². The number of nitrogens with one attached hydrogen (secondary N) is 1. The summed E-state index contributed by atoms with van der Waals surface area (Å²) in [5.74, 6) is -0.345. The second-order valence-electron chi connectivity index (χ2n) is 5.46. The zero-order valence-electron chi connectivity index (χ0n) is 12.5. The molecule has 0 bridgehead atoms. The average Bonchev–Trinajstić information content (AvgIpc) is 2.43. The zero-order valence-corrected chi connectivity index (χ0v) is 12.5. The number of aliphatic hydroxyl groups is 1. The molecule has 1 unspecified atom stereocenters. The van der Waals surface area contributed by atoms with Crippen LogP contribution in [0.2, 0.25) is 0 Å². The highest BCUT2D eigenvalue weighted by atomic mass is 16.5. The molecule has 0 aromatic carbocycles. The molecule has 0 radical (unpaired) electrons. The van der Waals surface area contributed by atoms with Crippen molar-refractivity contribution in [3.05, 3.63) is 0 Å². The van der Waals surface area contributed by atoms with Crippen molar-refractivity contribution in [3.8, 4) is 0 Å². The number of ether oxygens (including phenoxy) is 1. The van der Waals surface area contributed by atoms with E-state index < -0.39 is 6.10 Å². The summed E-state index contributed by atoms with van der Waals surface area (Å²) < 4.78 is 5.42. The Morgan fingerprint density at radius 1 is 1.50 bits per heavy atom. The quantitative estimate of drug-likeness (QED) is 0.480. The van der Waals surface area contributed by atoms with Gasteiger partial charge in [0.2, 0.25) is 5.91 Å². The monoisotopic (exact) mass is 287 g/mol. The van der Waals surface area contributed by atoms with Gasteiger partial charge in [-0.2, -0.15) is 0 Å². The molecule has 6 heteroatoms. The standard InChI is InChI=1S/C14H29N3O3/c1-2-3-8-20-11-13(18)9-17(10-14(15)19)12-4-6-16-7-5-12/h12-13,16,18H,2-11H2,1H3,(H2,15,19). The normalized spacial score (nSPS) is 18.4. The van der Waals surface area contributed by atoms with Crippen molar-refractivity contribution in [1.29, 1.82) is 0 Å². The fourth-order valence-electron chi connectivity index (χ4n) is 2.50. The lowest BCUT2D eigenvalue weighted by molar-refractivity contribution is -0.120. The largest absolute Gasteiger partial charge is 0.389 e. The second-order valence-corrected chi connectivity index (χ2v) is 5.46. The van der Waals surface area contributed by atoms with Gasteiger partial charge >= 0.3 is 0 Å². The van der Waals surface area contributed by atoms with Gasteiger partial charge in [0.05, 0.1) is 19.3 Å². The SMILES string of the molecule is CCCCOCC(O)CN(CC(N)=O)C1CCNCC1. The Labute approximate surface area is 121 Å². The first-order chi connectivity index (χ1) is 9.63. The van der Waals surface area contributed by atoms with Gasteiger partial charge in [0.1, 0.15) is 0 Å². The fraction of sp³-hybridized carbons (Fsp3) is 0.929. The van der Waals surface area contributed by atoms with Crippen LogP contribution >= 0.6 is 0 Å².